The maximum Gasteiger partial charge on any atom is 0.416 e. The molecule has 21 heavy (non-hydrogen) atoms. The molecule has 3 rings (SSSR count). The Bertz CT molecular complexity index is 578. The van der Waals surface area contributed by atoms with E-state index in [0.717, 1.165) is 25.0 Å². The fourth-order valence-corrected chi connectivity index (χ4v) is 2.87. The van der Waals surface area contributed by atoms with Crippen LogP contribution in [0.25, 0.3) is 0 Å². The van der Waals surface area contributed by atoms with Crippen molar-refractivity contribution in [3.63, 3.8) is 0 Å². The number of alkyl halides is 3. The summed E-state index contributed by atoms with van der Waals surface area (Å²) in [6.45, 7) is 0.601. The van der Waals surface area contributed by atoms with Gasteiger partial charge in [0.2, 0.25) is 0 Å². The molecule has 4 nitrogen and oxygen atoms in total. The summed E-state index contributed by atoms with van der Waals surface area (Å²) in [6, 6.07) is 2.63. The summed E-state index contributed by atoms with van der Waals surface area (Å²) in [4.78, 5) is 10.2. The molecule has 0 spiro atoms. The zero-order valence-electron chi connectivity index (χ0n) is 11.2. The molecule has 2 aliphatic rings. The lowest BCUT2D eigenvalue weighted by Gasteiger charge is -2.16. The quantitative estimate of drug-likeness (QED) is 0.654. The van der Waals surface area contributed by atoms with Crippen molar-refractivity contribution in [3.05, 3.63) is 33.9 Å². The van der Waals surface area contributed by atoms with Crippen molar-refractivity contribution >= 4 is 11.4 Å². The van der Waals surface area contributed by atoms with Crippen molar-refractivity contribution in [2.45, 2.75) is 31.9 Å². The second kappa shape index (κ2) is 4.61. The zero-order valence-corrected chi connectivity index (χ0v) is 11.2. The van der Waals surface area contributed by atoms with Gasteiger partial charge in [0.1, 0.15) is 5.69 Å². The first-order valence-electron chi connectivity index (χ1n) is 6.91. The summed E-state index contributed by atoms with van der Waals surface area (Å²) in [5.41, 5.74) is -1.13. The number of anilines is 1. The summed E-state index contributed by atoms with van der Waals surface area (Å²) in [5, 5.41) is 14.0. The average Bonchev–Trinajstić information content (AvgIpc) is 3.25. The van der Waals surface area contributed by atoms with Gasteiger partial charge in [-0.15, -0.1) is 0 Å². The third-order valence-electron chi connectivity index (χ3n) is 4.49. The van der Waals surface area contributed by atoms with E-state index in [1.165, 1.54) is 12.8 Å². The van der Waals surface area contributed by atoms with Crippen molar-refractivity contribution < 1.29 is 18.1 Å². The zero-order chi connectivity index (χ0) is 15.3. The number of hydrogen-bond acceptors (Lipinski definition) is 3. The van der Waals surface area contributed by atoms with Crippen molar-refractivity contribution in [2.75, 3.05) is 11.9 Å². The van der Waals surface area contributed by atoms with E-state index in [0.29, 0.717) is 18.5 Å². The number of nitro groups is 1. The molecule has 0 aromatic heterocycles. The number of nitrogens with one attached hydrogen (secondary N) is 1. The van der Waals surface area contributed by atoms with Crippen LogP contribution < -0.4 is 5.32 Å². The highest BCUT2D eigenvalue weighted by molar-refractivity contribution is 5.63. The number of benzene rings is 1. The van der Waals surface area contributed by atoms with E-state index in [1.54, 1.807) is 0 Å². The first-order chi connectivity index (χ1) is 9.82. The maximum absolute atomic E-state index is 12.6. The van der Waals surface area contributed by atoms with Gasteiger partial charge in [0, 0.05) is 12.6 Å². The van der Waals surface area contributed by atoms with E-state index in [2.05, 4.69) is 5.32 Å². The van der Waals surface area contributed by atoms with Crippen LogP contribution in [-0.2, 0) is 6.18 Å². The molecule has 0 bridgehead atoms. The number of hydrogen-bond donors (Lipinski definition) is 1. The highest BCUT2D eigenvalue weighted by Gasteiger charge is 2.53. The fraction of sp³-hybridized carbons (Fsp3) is 0.571. The Morgan fingerprint density at radius 2 is 2.00 bits per heavy atom. The van der Waals surface area contributed by atoms with Gasteiger partial charge in [-0.3, -0.25) is 10.1 Å². The van der Waals surface area contributed by atoms with E-state index >= 15 is 0 Å². The fourth-order valence-electron chi connectivity index (χ4n) is 2.87. The van der Waals surface area contributed by atoms with Gasteiger partial charge in [-0.05, 0) is 49.1 Å². The molecule has 7 heteroatoms. The Kier molecular flexibility index (Phi) is 3.11. The number of halogens is 3. The molecular formula is C14H15F3N2O2. The number of nitro benzene ring substituents is 1. The number of nitrogens with zero attached hydrogens (tertiary/aromatic N) is 1. The van der Waals surface area contributed by atoms with Crippen molar-refractivity contribution in [3.8, 4) is 0 Å². The van der Waals surface area contributed by atoms with E-state index in [-0.39, 0.29) is 11.1 Å². The van der Waals surface area contributed by atoms with E-state index in [4.69, 9.17) is 0 Å². The van der Waals surface area contributed by atoms with Gasteiger partial charge in [-0.1, -0.05) is 0 Å². The van der Waals surface area contributed by atoms with Crippen molar-refractivity contribution in [1.82, 2.24) is 0 Å². The summed E-state index contributed by atoms with van der Waals surface area (Å²) < 4.78 is 37.9. The van der Waals surface area contributed by atoms with Gasteiger partial charge in [-0.25, -0.2) is 0 Å². The number of rotatable bonds is 5. The predicted octanol–water partition coefficient (Wildman–Crippen LogP) is 4.22. The van der Waals surface area contributed by atoms with Crippen LogP contribution in [0.5, 0.6) is 0 Å². The minimum atomic E-state index is -4.57. The minimum Gasteiger partial charge on any atom is -0.379 e. The Morgan fingerprint density at radius 1 is 1.33 bits per heavy atom. The highest BCUT2D eigenvalue weighted by atomic mass is 19.4. The van der Waals surface area contributed by atoms with Crippen molar-refractivity contribution in [1.29, 1.82) is 0 Å². The minimum absolute atomic E-state index is 0.167. The van der Waals surface area contributed by atoms with Gasteiger partial charge in [-0.2, -0.15) is 13.2 Å². The van der Waals surface area contributed by atoms with Gasteiger partial charge in [0.05, 0.1) is 10.5 Å². The van der Waals surface area contributed by atoms with Crippen LogP contribution in [0.4, 0.5) is 24.5 Å². The molecule has 2 saturated carbocycles. The Morgan fingerprint density at radius 3 is 2.48 bits per heavy atom. The van der Waals surface area contributed by atoms with E-state index in [9.17, 15) is 23.3 Å². The van der Waals surface area contributed by atoms with Gasteiger partial charge < -0.3 is 5.32 Å². The third kappa shape index (κ3) is 2.82. The largest absolute Gasteiger partial charge is 0.416 e. The van der Waals surface area contributed by atoms with Crippen molar-refractivity contribution in [2.24, 2.45) is 11.3 Å². The molecule has 0 unspecified atom stereocenters. The van der Waals surface area contributed by atoms with Gasteiger partial charge in [0.25, 0.3) is 5.69 Å². The maximum atomic E-state index is 12.6. The monoisotopic (exact) mass is 300 g/mol. The first kappa shape index (κ1) is 14.2. The Balaban J connectivity index is 1.79. The first-order valence-corrected chi connectivity index (χ1v) is 6.91. The third-order valence-corrected chi connectivity index (χ3v) is 4.49. The smallest absolute Gasteiger partial charge is 0.379 e. The van der Waals surface area contributed by atoms with Crippen LogP contribution in [-0.4, -0.2) is 11.5 Å². The molecule has 0 aliphatic heterocycles. The Hall–Kier alpha value is -1.79. The van der Waals surface area contributed by atoms with Crippen LogP contribution >= 0.6 is 0 Å². The van der Waals surface area contributed by atoms with Gasteiger partial charge >= 0.3 is 6.18 Å². The van der Waals surface area contributed by atoms with E-state index < -0.39 is 22.4 Å². The molecule has 0 saturated heterocycles. The molecular weight excluding hydrogens is 285 g/mol. The lowest BCUT2D eigenvalue weighted by atomic mass is 10.0. The molecule has 0 radical (unpaired) electrons. The van der Waals surface area contributed by atoms with Crippen LogP contribution in [0.3, 0.4) is 0 Å². The topological polar surface area (TPSA) is 55.2 Å². The van der Waals surface area contributed by atoms with E-state index in [1.807, 2.05) is 0 Å². The van der Waals surface area contributed by atoms with Gasteiger partial charge in [0.15, 0.2) is 0 Å². The summed E-state index contributed by atoms with van der Waals surface area (Å²) in [7, 11) is 0. The van der Waals surface area contributed by atoms with Crippen LogP contribution in [0, 0.1) is 21.4 Å². The predicted molar refractivity (Wildman–Crippen MR) is 71.0 cm³/mol. The standard InChI is InChI=1S/C14H15F3N2O2/c15-14(16,17)10-3-4-11(12(7-10)19(20)21)18-8-13(5-6-13)9-1-2-9/h3-4,7,9,18H,1-2,5-6,8H2. The Labute approximate surface area is 119 Å². The second-order valence-corrected chi connectivity index (χ2v) is 5.98. The van der Waals surface area contributed by atoms with Crippen LogP contribution in [0.2, 0.25) is 0 Å². The lowest BCUT2D eigenvalue weighted by molar-refractivity contribution is -0.384. The molecule has 114 valence electrons. The molecule has 2 aliphatic carbocycles. The summed E-state index contributed by atoms with van der Waals surface area (Å²) >= 11 is 0. The van der Waals surface area contributed by atoms with Crippen LogP contribution in [0.15, 0.2) is 18.2 Å². The lowest BCUT2D eigenvalue weighted by Crippen LogP contribution is -2.18. The molecule has 1 aromatic rings. The SMILES string of the molecule is O=[N+]([O-])c1cc(C(F)(F)F)ccc1NCC1(C2CC2)CC1. The normalized spacial score (nSPS) is 20.1. The second-order valence-electron chi connectivity index (χ2n) is 5.98. The summed E-state index contributed by atoms with van der Waals surface area (Å²) in [5.74, 6) is 0.679. The average molecular weight is 300 g/mol. The highest BCUT2D eigenvalue weighted by Crippen LogP contribution is 2.61. The summed E-state index contributed by atoms with van der Waals surface area (Å²) in [6.07, 6.45) is 0.000779. The molecule has 0 amide bonds. The molecule has 2 fully saturated rings. The molecule has 1 aromatic carbocycles. The molecule has 0 heterocycles. The molecule has 1 N–H and O–H groups in total. The molecule has 0 atom stereocenters. The van der Waals surface area contributed by atoms with Crippen LogP contribution in [0.1, 0.15) is 31.2 Å².